The van der Waals surface area contributed by atoms with E-state index in [1.54, 1.807) is 24.3 Å². The molecule has 1 heterocycles. The van der Waals surface area contributed by atoms with Gasteiger partial charge in [0.05, 0.1) is 0 Å². The minimum atomic E-state index is -1.05. The molecule has 0 aliphatic heterocycles. The lowest BCUT2D eigenvalue weighted by molar-refractivity contribution is -0.128. The van der Waals surface area contributed by atoms with Crippen molar-refractivity contribution < 1.29 is 19.1 Å². The number of carbonyl (C=O) groups is 2. The number of hydrogen-bond acceptors (Lipinski definition) is 6. The Morgan fingerprint density at radius 2 is 1.68 bits per heavy atom. The molecule has 0 unspecified atom stereocenters. The van der Waals surface area contributed by atoms with Gasteiger partial charge in [0, 0.05) is 16.8 Å². The van der Waals surface area contributed by atoms with E-state index in [1.807, 2.05) is 39.8 Å². The zero-order valence-corrected chi connectivity index (χ0v) is 21.6. The highest BCUT2D eigenvalue weighted by atomic mass is 19.1. The Morgan fingerprint density at radius 1 is 1.03 bits per heavy atom. The molecule has 0 fully saturated rings. The summed E-state index contributed by atoms with van der Waals surface area (Å²) in [5, 5.41) is 25.1. The largest absolute Gasteiger partial charge is 0.508 e. The van der Waals surface area contributed by atoms with E-state index in [4.69, 9.17) is 0 Å². The van der Waals surface area contributed by atoms with Gasteiger partial charge < -0.3 is 10.4 Å². The lowest BCUT2D eigenvalue weighted by atomic mass is 9.99. The number of rotatable bonds is 7. The quantitative estimate of drug-likeness (QED) is 0.381. The van der Waals surface area contributed by atoms with Crippen molar-refractivity contribution in [3.05, 3.63) is 89.7 Å². The molecule has 0 aliphatic rings. The van der Waals surface area contributed by atoms with Crippen LogP contribution in [0.4, 0.5) is 10.1 Å². The van der Waals surface area contributed by atoms with Crippen molar-refractivity contribution in [2.24, 2.45) is 0 Å². The van der Waals surface area contributed by atoms with Crippen LogP contribution in [0.5, 0.6) is 5.75 Å². The molecule has 3 aromatic carbocycles. The van der Waals surface area contributed by atoms with E-state index < -0.39 is 23.4 Å². The standard InChI is InChI=1S/C28H29FN6O3/c1-18-7-5-6-8-23(18)35(25(27(38)30-28(2,3)4)19-11-15-22(36)16-12-19)24(37)17-34-32-26(31-33-34)20-9-13-21(29)14-10-20/h5-16,25,36H,17H2,1-4H3,(H,30,38)/t25-/m1/s1. The molecule has 4 aromatic rings. The molecule has 1 atom stereocenters. The van der Waals surface area contributed by atoms with Gasteiger partial charge in [-0.1, -0.05) is 30.3 Å². The first-order valence-electron chi connectivity index (χ1n) is 12.0. The van der Waals surface area contributed by atoms with Gasteiger partial charge in [-0.05, 0) is 86.5 Å². The van der Waals surface area contributed by atoms with Crippen LogP contribution in [0.15, 0.2) is 72.8 Å². The molecule has 9 nitrogen and oxygen atoms in total. The summed E-state index contributed by atoms with van der Waals surface area (Å²) in [6.07, 6.45) is 0. The normalized spacial score (nSPS) is 12.1. The van der Waals surface area contributed by atoms with Crippen LogP contribution in [-0.2, 0) is 16.1 Å². The SMILES string of the molecule is Cc1ccccc1N(C(=O)Cn1nnc(-c2ccc(F)cc2)n1)[C@@H](C(=O)NC(C)(C)C)c1ccc(O)cc1. The first-order valence-corrected chi connectivity index (χ1v) is 12.0. The van der Waals surface area contributed by atoms with Crippen LogP contribution >= 0.6 is 0 Å². The van der Waals surface area contributed by atoms with Gasteiger partial charge in [-0.25, -0.2) is 4.39 Å². The number of phenolic OH excluding ortho intramolecular Hbond substituents is 1. The summed E-state index contributed by atoms with van der Waals surface area (Å²) in [4.78, 5) is 30.2. The number of anilines is 1. The predicted octanol–water partition coefficient (Wildman–Crippen LogP) is 4.18. The highest BCUT2D eigenvalue weighted by molar-refractivity contribution is 6.01. The zero-order valence-electron chi connectivity index (χ0n) is 21.6. The number of nitrogens with zero attached hydrogens (tertiary/aromatic N) is 5. The third-order valence-corrected chi connectivity index (χ3v) is 5.69. The summed E-state index contributed by atoms with van der Waals surface area (Å²) in [7, 11) is 0. The van der Waals surface area contributed by atoms with E-state index in [2.05, 4.69) is 20.7 Å². The van der Waals surface area contributed by atoms with Crippen LogP contribution in [0, 0.1) is 12.7 Å². The second-order valence-electron chi connectivity index (χ2n) is 9.93. The number of phenols is 1. The first kappa shape index (κ1) is 26.5. The Labute approximate surface area is 219 Å². The molecule has 0 aliphatic carbocycles. The van der Waals surface area contributed by atoms with Gasteiger partial charge in [-0.2, -0.15) is 4.80 Å². The number of amides is 2. The average molecular weight is 517 g/mol. The van der Waals surface area contributed by atoms with Crippen molar-refractivity contribution in [2.75, 3.05) is 4.90 Å². The van der Waals surface area contributed by atoms with Gasteiger partial charge in [-0.15, -0.1) is 10.2 Å². The zero-order chi connectivity index (χ0) is 27.4. The van der Waals surface area contributed by atoms with Crippen molar-refractivity contribution in [1.29, 1.82) is 0 Å². The van der Waals surface area contributed by atoms with Crippen LogP contribution in [-0.4, -0.2) is 42.7 Å². The lowest BCUT2D eigenvalue weighted by Crippen LogP contribution is -2.50. The van der Waals surface area contributed by atoms with Gasteiger partial charge in [0.1, 0.15) is 24.2 Å². The molecule has 0 radical (unpaired) electrons. The molecule has 0 spiro atoms. The average Bonchev–Trinajstić information content (AvgIpc) is 3.31. The molecule has 2 amide bonds. The Hall–Kier alpha value is -4.60. The Bertz CT molecular complexity index is 1430. The third-order valence-electron chi connectivity index (χ3n) is 5.69. The maximum atomic E-state index is 13.9. The number of tetrazole rings is 1. The highest BCUT2D eigenvalue weighted by Gasteiger charge is 2.35. The van der Waals surface area contributed by atoms with E-state index in [-0.39, 0.29) is 23.9 Å². The topological polar surface area (TPSA) is 113 Å². The van der Waals surface area contributed by atoms with Crippen LogP contribution in [0.2, 0.25) is 0 Å². The second kappa shape index (κ2) is 10.8. The number of carbonyl (C=O) groups excluding carboxylic acids is 2. The minimum absolute atomic E-state index is 0.0395. The van der Waals surface area contributed by atoms with Gasteiger partial charge in [0.15, 0.2) is 0 Å². The highest BCUT2D eigenvalue weighted by Crippen LogP contribution is 2.32. The van der Waals surface area contributed by atoms with E-state index in [1.165, 1.54) is 41.3 Å². The predicted molar refractivity (Wildman–Crippen MR) is 141 cm³/mol. The summed E-state index contributed by atoms with van der Waals surface area (Å²) in [6, 6.07) is 18.0. The molecule has 0 saturated carbocycles. The molecule has 10 heteroatoms. The van der Waals surface area contributed by atoms with E-state index >= 15 is 0 Å². The number of nitrogens with one attached hydrogen (secondary N) is 1. The number of benzene rings is 3. The summed E-state index contributed by atoms with van der Waals surface area (Å²) in [6.45, 7) is 7.12. The van der Waals surface area contributed by atoms with Gasteiger partial charge >= 0.3 is 0 Å². The number of halogens is 1. The van der Waals surface area contributed by atoms with Gasteiger partial charge in [0.2, 0.25) is 11.7 Å². The van der Waals surface area contributed by atoms with Crippen molar-refractivity contribution in [3.8, 4) is 17.1 Å². The molecule has 0 saturated heterocycles. The van der Waals surface area contributed by atoms with Crippen molar-refractivity contribution >= 4 is 17.5 Å². The molecular weight excluding hydrogens is 487 g/mol. The van der Waals surface area contributed by atoms with E-state index in [9.17, 15) is 19.1 Å². The number of hydrogen-bond donors (Lipinski definition) is 2. The van der Waals surface area contributed by atoms with Crippen LogP contribution in [0.1, 0.15) is 37.9 Å². The van der Waals surface area contributed by atoms with Gasteiger partial charge in [0.25, 0.3) is 5.91 Å². The number of para-hydroxylation sites is 1. The summed E-state index contributed by atoms with van der Waals surface area (Å²) in [5.74, 6) is -0.958. The van der Waals surface area contributed by atoms with Crippen molar-refractivity contribution in [2.45, 2.75) is 45.8 Å². The maximum Gasteiger partial charge on any atom is 0.251 e. The molecular formula is C28H29FN6O3. The van der Waals surface area contributed by atoms with E-state index in [0.29, 0.717) is 16.8 Å². The molecule has 196 valence electrons. The molecule has 0 bridgehead atoms. The molecule has 38 heavy (non-hydrogen) atoms. The van der Waals surface area contributed by atoms with Crippen LogP contribution in [0.3, 0.4) is 0 Å². The maximum absolute atomic E-state index is 13.9. The summed E-state index contributed by atoms with van der Waals surface area (Å²) >= 11 is 0. The lowest BCUT2D eigenvalue weighted by Gasteiger charge is -2.34. The number of aromatic hydroxyl groups is 1. The van der Waals surface area contributed by atoms with E-state index in [0.717, 1.165) is 10.4 Å². The fraction of sp³-hybridized carbons (Fsp3) is 0.250. The first-order chi connectivity index (χ1) is 18.0. The Morgan fingerprint density at radius 3 is 2.32 bits per heavy atom. The molecule has 1 aromatic heterocycles. The molecule has 2 N–H and O–H groups in total. The van der Waals surface area contributed by atoms with Crippen LogP contribution in [0.25, 0.3) is 11.4 Å². The number of aromatic nitrogens is 4. The fourth-order valence-corrected chi connectivity index (χ4v) is 3.99. The number of aryl methyl sites for hydroxylation is 1. The Kier molecular flexibility index (Phi) is 7.52. The monoisotopic (exact) mass is 516 g/mol. The Balaban J connectivity index is 1.75. The second-order valence-corrected chi connectivity index (χ2v) is 9.93. The summed E-state index contributed by atoms with van der Waals surface area (Å²) < 4.78 is 13.3. The van der Waals surface area contributed by atoms with Crippen molar-refractivity contribution in [1.82, 2.24) is 25.5 Å². The minimum Gasteiger partial charge on any atom is -0.508 e. The third kappa shape index (κ3) is 6.20. The van der Waals surface area contributed by atoms with Crippen LogP contribution < -0.4 is 10.2 Å². The van der Waals surface area contributed by atoms with Gasteiger partial charge in [-0.3, -0.25) is 14.5 Å². The molecule has 4 rings (SSSR count). The van der Waals surface area contributed by atoms with Crippen molar-refractivity contribution in [3.63, 3.8) is 0 Å². The fourth-order valence-electron chi connectivity index (χ4n) is 3.99. The summed E-state index contributed by atoms with van der Waals surface area (Å²) in [5.41, 5.74) is 1.82. The smallest absolute Gasteiger partial charge is 0.251 e.